The topological polar surface area (TPSA) is 59.4 Å². The first-order chi connectivity index (χ1) is 13.6. The molecule has 2 heterocycles. The third-order valence-electron chi connectivity index (χ3n) is 4.75. The molecule has 28 heavy (non-hydrogen) atoms. The van der Waals surface area contributed by atoms with Crippen LogP contribution in [0.25, 0.3) is 0 Å². The number of hydrogen-bond acceptors (Lipinski definition) is 3. The molecule has 2 aromatic rings. The summed E-state index contributed by atoms with van der Waals surface area (Å²) in [4.78, 5) is 18.9. The highest BCUT2D eigenvalue weighted by molar-refractivity contribution is 6.35. The van der Waals surface area contributed by atoms with Gasteiger partial charge in [-0.15, -0.1) is 0 Å². The lowest BCUT2D eigenvalue weighted by Gasteiger charge is -2.26. The van der Waals surface area contributed by atoms with Crippen molar-refractivity contribution >= 4 is 29.2 Å². The number of amides is 2. The van der Waals surface area contributed by atoms with Crippen molar-refractivity contribution in [3.63, 3.8) is 0 Å². The molecule has 1 aromatic heterocycles. The van der Waals surface area contributed by atoms with Gasteiger partial charge in [-0.1, -0.05) is 36.2 Å². The van der Waals surface area contributed by atoms with Crippen molar-refractivity contribution in [2.24, 2.45) is 0 Å². The summed E-state index contributed by atoms with van der Waals surface area (Å²) in [7, 11) is 0. The SMILES string of the molecule is CCCNC(=O)N(Cc1nccn1Cc1ccc(Cl)cc1Cl)C[C@H]1CCCO1. The van der Waals surface area contributed by atoms with Gasteiger partial charge in [-0.05, 0) is 37.0 Å². The second kappa shape index (κ2) is 10.1. The Hall–Kier alpha value is -1.76. The summed E-state index contributed by atoms with van der Waals surface area (Å²) < 4.78 is 7.74. The van der Waals surface area contributed by atoms with Crippen LogP contribution in [0.5, 0.6) is 0 Å². The molecule has 0 spiro atoms. The molecule has 2 amide bonds. The summed E-state index contributed by atoms with van der Waals surface area (Å²) in [5.74, 6) is 0.802. The number of nitrogens with zero attached hydrogens (tertiary/aromatic N) is 3. The molecule has 152 valence electrons. The Labute approximate surface area is 175 Å². The number of hydrogen-bond donors (Lipinski definition) is 1. The smallest absolute Gasteiger partial charge is 0.317 e. The van der Waals surface area contributed by atoms with Crippen LogP contribution in [-0.2, 0) is 17.8 Å². The van der Waals surface area contributed by atoms with E-state index in [0.717, 1.165) is 37.3 Å². The van der Waals surface area contributed by atoms with E-state index in [4.69, 9.17) is 27.9 Å². The van der Waals surface area contributed by atoms with E-state index < -0.39 is 0 Å². The highest BCUT2D eigenvalue weighted by Gasteiger charge is 2.24. The molecule has 0 saturated carbocycles. The molecule has 0 aliphatic carbocycles. The first-order valence-electron chi connectivity index (χ1n) is 9.65. The lowest BCUT2D eigenvalue weighted by molar-refractivity contribution is 0.0786. The van der Waals surface area contributed by atoms with Gasteiger partial charge in [-0.25, -0.2) is 9.78 Å². The van der Waals surface area contributed by atoms with Gasteiger partial charge in [0.25, 0.3) is 0 Å². The van der Waals surface area contributed by atoms with Crippen LogP contribution in [-0.4, -0.2) is 46.3 Å². The molecule has 3 rings (SSSR count). The number of benzene rings is 1. The number of aromatic nitrogens is 2. The summed E-state index contributed by atoms with van der Waals surface area (Å²) in [6, 6.07) is 5.38. The minimum absolute atomic E-state index is 0.0847. The summed E-state index contributed by atoms with van der Waals surface area (Å²) in [6.45, 7) is 4.98. The molecule has 0 bridgehead atoms. The second-order valence-corrected chi connectivity index (χ2v) is 7.80. The predicted octanol–water partition coefficient (Wildman–Crippen LogP) is 4.34. The van der Waals surface area contributed by atoms with Gasteiger partial charge in [-0.3, -0.25) is 0 Å². The summed E-state index contributed by atoms with van der Waals surface area (Å²) >= 11 is 12.3. The average Bonchev–Trinajstić information content (AvgIpc) is 3.34. The first-order valence-corrected chi connectivity index (χ1v) is 10.4. The maximum atomic E-state index is 12.7. The number of carbonyl (C=O) groups excluding carboxylic acids is 1. The van der Waals surface area contributed by atoms with Crippen LogP contribution in [0.3, 0.4) is 0 Å². The summed E-state index contributed by atoms with van der Waals surface area (Å²) in [6.07, 6.45) is 6.64. The predicted molar refractivity (Wildman–Crippen MR) is 111 cm³/mol. The number of halogens is 2. The van der Waals surface area contributed by atoms with Gasteiger partial charge in [0.05, 0.1) is 19.2 Å². The van der Waals surface area contributed by atoms with Crippen molar-refractivity contribution in [2.45, 2.75) is 45.4 Å². The maximum absolute atomic E-state index is 12.7. The van der Waals surface area contributed by atoms with Crippen molar-refractivity contribution in [3.05, 3.63) is 52.0 Å². The average molecular weight is 425 g/mol. The molecule has 1 aliphatic rings. The second-order valence-electron chi connectivity index (χ2n) is 6.95. The molecule has 1 aliphatic heterocycles. The molecule has 1 fully saturated rings. The number of carbonyl (C=O) groups is 1. The van der Waals surface area contributed by atoms with Crippen molar-refractivity contribution < 1.29 is 9.53 Å². The van der Waals surface area contributed by atoms with Crippen LogP contribution in [0, 0.1) is 0 Å². The van der Waals surface area contributed by atoms with E-state index in [1.807, 2.05) is 29.8 Å². The fourth-order valence-corrected chi connectivity index (χ4v) is 3.71. The van der Waals surface area contributed by atoms with Crippen LogP contribution >= 0.6 is 23.2 Å². The number of urea groups is 1. The molecule has 0 unspecified atom stereocenters. The third kappa shape index (κ3) is 5.63. The van der Waals surface area contributed by atoms with Crippen LogP contribution in [0.15, 0.2) is 30.6 Å². The Balaban J connectivity index is 1.73. The van der Waals surface area contributed by atoms with Gasteiger partial charge in [0.15, 0.2) is 0 Å². The molecule has 1 atom stereocenters. The van der Waals surface area contributed by atoms with Gasteiger partial charge in [0.2, 0.25) is 0 Å². The van der Waals surface area contributed by atoms with Gasteiger partial charge < -0.3 is 19.5 Å². The molecule has 6 nitrogen and oxygen atoms in total. The van der Waals surface area contributed by atoms with E-state index in [2.05, 4.69) is 10.3 Å². The Morgan fingerprint density at radius 2 is 2.29 bits per heavy atom. The minimum Gasteiger partial charge on any atom is -0.376 e. The highest BCUT2D eigenvalue weighted by atomic mass is 35.5. The van der Waals surface area contributed by atoms with E-state index in [0.29, 0.717) is 36.2 Å². The fraction of sp³-hybridized carbons (Fsp3) is 0.500. The lowest BCUT2D eigenvalue weighted by atomic mass is 10.2. The standard InChI is InChI=1S/C20H26Cl2N4O2/c1-2-7-24-20(27)26(13-17-4-3-10-28-17)14-19-23-8-9-25(19)12-15-5-6-16(21)11-18(15)22/h5-6,8-9,11,17H,2-4,7,10,12-14H2,1H3,(H,24,27)/t17-/m1/s1. The van der Waals surface area contributed by atoms with E-state index in [1.54, 1.807) is 17.2 Å². The monoisotopic (exact) mass is 424 g/mol. The number of rotatable bonds is 8. The Bertz CT molecular complexity index is 790. The quantitative estimate of drug-likeness (QED) is 0.685. The zero-order valence-corrected chi connectivity index (χ0v) is 17.5. The molecule has 1 N–H and O–H groups in total. The number of imidazole rings is 1. The third-order valence-corrected chi connectivity index (χ3v) is 5.34. The van der Waals surface area contributed by atoms with E-state index in [1.165, 1.54) is 0 Å². The van der Waals surface area contributed by atoms with Gasteiger partial charge in [0, 0.05) is 42.1 Å². The molecule has 1 aromatic carbocycles. The van der Waals surface area contributed by atoms with Crippen LogP contribution in [0.1, 0.15) is 37.6 Å². The largest absolute Gasteiger partial charge is 0.376 e. The van der Waals surface area contributed by atoms with Gasteiger partial charge in [-0.2, -0.15) is 0 Å². The highest BCUT2D eigenvalue weighted by Crippen LogP contribution is 2.22. The van der Waals surface area contributed by atoms with Crippen molar-refractivity contribution in [1.82, 2.24) is 19.8 Å². The molecule has 0 radical (unpaired) electrons. The summed E-state index contributed by atoms with van der Waals surface area (Å²) in [5.41, 5.74) is 0.950. The van der Waals surface area contributed by atoms with Gasteiger partial charge >= 0.3 is 6.03 Å². The normalized spacial score (nSPS) is 16.3. The zero-order chi connectivity index (χ0) is 19.9. The van der Waals surface area contributed by atoms with Crippen molar-refractivity contribution in [3.8, 4) is 0 Å². The minimum atomic E-state index is -0.0866. The zero-order valence-electron chi connectivity index (χ0n) is 16.0. The first kappa shape index (κ1) is 21.0. The van der Waals surface area contributed by atoms with E-state index in [-0.39, 0.29) is 12.1 Å². The number of nitrogens with one attached hydrogen (secondary N) is 1. The number of ether oxygens (including phenoxy) is 1. The molecule has 1 saturated heterocycles. The van der Waals surface area contributed by atoms with Crippen LogP contribution in [0.4, 0.5) is 4.79 Å². The fourth-order valence-electron chi connectivity index (χ4n) is 3.24. The molecular formula is C20H26Cl2N4O2. The van der Waals surface area contributed by atoms with E-state index in [9.17, 15) is 4.79 Å². The Kier molecular flexibility index (Phi) is 7.59. The van der Waals surface area contributed by atoms with Crippen LogP contribution < -0.4 is 5.32 Å². The van der Waals surface area contributed by atoms with Crippen molar-refractivity contribution in [1.29, 1.82) is 0 Å². The lowest BCUT2D eigenvalue weighted by Crippen LogP contribution is -2.44. The van der Waals surface area contributed by atoms with Gasteiger partial charge in [0.1, 0.15) is 5.82 Å². The Morgan fingerprint density at radius 3 is 3.00 bits per heavy atom. The van der Waals surface area contributed by atoms with Crippen LogP contribution in [0.2, 0.25) is 10.0 Å². The molecular weight excluding hydrogens is 399 g/mol. The Morgan fingerprint density at radius 1 is 1.43 bits per heavy atom. The maximum Gasteiger partial charge on any atom is 0.317 e. The van der Waals surface area contributed by atoms with Crippen molar-refractivity contribution in [2.75, 3.05) is 19.7 Å². The van der Waals surface area contributed by atoms with E-state index >= 15 is 0 Å². The summed E-state index contributed by atoms with van der Waals surface area (Å²) in [5, 5.41) is 4.18. The molecule has 8 heteroatoms.